The maximum absolute atomic E-state index is 12.3. The van der Waals surface area contributed by atoms with E-state index in [4.69, 9.17) is 5.73 Å². The molecular formula is C14H20N2O3. The van der Waals surface area contributed by atoms with Crippen LogP contribution in [0.25, 0.3) is 0 Å². The summed E-state index contributed by atoms with van der Waals surface area (Å²) in [5, 5.41) is 0. The van der Waals surface area contributed by atoms with Crippen LogP contribution in [0, 0.1) is 12.8 Å². The molecule has 5 heteroatoms. The summed E-state index contributed by atoms with van der Waals surface area (Å²) in [7, 11) is 2.98. The van der Waals surface area contributed by atoms with E-state index in [2.05, 4.69) is 4.74 Å². The number of benzene rings is 1. The molecular weight excluding hydrogens is 244 g/mol. The highest BCUT2D eigenvalue weighted by Gasteiger charge is 2.21. The van der Waals surface area contributed by atoms with E-state index in [-0.39, 0.29) is 17.8 Å². The Bertz CT molecular complexity index is 465. The zero-order valence-corrected chi connectivity index (χ0v) is 11.8. The van der Waals surface area contributed by atoms with Crippen molar-refractivity contribution in [3.05, 3.63) is 29.3 Å². The van der Waals surface area contributed by atoms with Crippen LogP contribution in [0.1, 0.15) is 22.8 Å². The second kappa shape index (κ2) is 6.22. The summed E-state index contributed by atoms with van der Waals surface area (Å²) in [6.07, 6.45) is 0. The third kappa shape index (κ3) is 3.47. The third-order valence-electron chi connectivity index (χ3n) is 3.02. The third-order valence-corrected chi connectivity index (χ3v) is 3.02. The number of carbonyl (C=O) groups is 2. The number of carbonyl (C=O) groups excluding carboxylic acids is 2. The minimum Gasteiger partial charge on any atom is -0.469 e. The van der Waals surface area contributed by atoms with Crippen molar-refractivity contribution in [2.75, 3.05) is 26.4 Å². The van der Waals surface area contributed by atoms with Gasteiger partial charge in [-0.3, -0.25) is 9.59 Å². The molecule has 0 saturated heterocycles. The van der Waals surface area contributed by atoms with Crippen molar-refractivity contribution in [1.29, 1.82) is 0 Å². The van der Waals surface area contributed by atoms with Crippen LogP contribution in [0.5, 0.6) is 0 Å². The van der Waals surface area contributed by atoms with E-state index in [1.807, 2.05) is 13.0 Å². The van der Waals surface area contributed by atoms with E-state index in [0.29, 0.717) is 17.8 Å². The van der Waals surface area contributed by atoms with Gasteiger partial charge in [-0.05, 0) is 18.6 Å². The second-order valence-electron chi connectivity index (χ2n) is 4.65. The van der Waals surface area contributed by atoms with Gasteiger partial charge in [0.1, 0.15) is 0 Å². The lowest BCUT2D eigenvalue weighted by Gasteiger charge is -2.22. The van der Waals surface area contributed by atoms with Crippen LogP contribution < -0.4 is 5.73 Å². The zero-order valence-electron chi connectivity index (χ0n) is 11.8. The van der Waals surface area contributed by atoms with Gasteiger partial charge in [0.05, 0.1) is 18.6 Å². The van der Waals surface area contributed by atoms with Gasteiger partial charge in [0.15, 0.2) is 0 Å². The minimum atomic E-state index is -0.371. The number of nitrogens with two attached hydrogens (primary N) is 1. The molecule has 0 radical (unpaired) electrons. The Labute approximate surface area is 113 Å². The number of hydrogen-bond acceptors (Lipinski definition) is 4. The van der Waals surface area contributed by atoms with Crippen LogP contribution in [0.15, 0.2) is 18.2 Å². The number of anilines is 1. The van der Waals surface area contributed by atoms with Gasteiger partial charge in [0.2, 0.25) is 0 Å². The van der Waals surface area contributed by atoms with E-state index in [1.54, 1.807) is 26.1 Å². The Hall–Kier alpha value is -2.04. The number of rotatable bonds is 4. The van der Waals surface area contributed by atoms with Crippen LogP contribution in [0.3, 0.4) is 0 Å². The number of nitrogens with zero attached hydrogens (tertiary/aromatic N) is 1. The number of amides is 1. The first-order valence-corrected chi connectivity index (χ1v) is 6.06. The lowest BCUT2D eigenvalue weighted by molar-refractivity contribution is -0.145. The Balaban J connectivity index is 2.86. The summed E-state index contributed by atoms with van der Waals surface area (Å²) in [4.78, 5) is 25.2. The first-order chi connectivity index (χ1) is 8.88. The Morgan fingerprint density at radius 1 is 1.42 bits per heavy atom. The van der Waals surface area contributed by atoms with Crippen LogP contribution in [0.2, 0.25) is 0 Å². The van der Waals surface area contributed by atoms with Crippen molar-refractivity contribution in [3.8, 4) is 0 Å². The van der Waals surface area contributed by atoms with Crippen molar-refractivity contribution in [2.24, 2.45) is 5.92 Å². The fraction of sp³-hybridized carbons (Fsp3) is 0.429. The second-order valence-corrected chi connectivity index (χ2v) is 4.65. The van der Waals surface area contributed by atoms with E-state index in [0.717, 1.165) is 5.56 Å². The molecule has 0 bridgehead atoms. The van der Waals surface area contributed by atoms with Gasteiger partial charge in [-0.2, -0.15) is 0 Å². The van der Waals surface area contributed by atoms with Crippen LogP contribution in [-0.2, 0) is 9.53 Å². The van der Waals surface area contributed by atoms with Gasteiger partial charge < -0.3 is 15.4 Å². The van der Waals surface area contributed by atoms with E-state index in [1.165, 1.54) is 12.0 Å². The average molecular weight is 264 g/mol. The number of hydrogen-bond donors (Lipinski definition) is 1. The number of ether oxygens (including phenoxy) is 1. The molecule has 1 rings (SSSR count). The molecule has 0 fully saturated rings. The highest BCUT2D eigenvalue weighted by molar-refractivity contribution is 6.00. The van der Waals surface area contributed by atoms with E-state index in [9.17, 15) is 9.59 Å². The quantitative estimate of drug-likeness (QED) is 0.660. The van der Waals surface area contributed by atoms with Crippen LogP contribution >= 0.6 is 0 Å². The zero-order chi connectivity index (χ0) is 14.6. The lowest BCUT2D eigenvalue weighted by atomic mass is 10.0. The molecule has 0 aromatic heterocycles. The molecule has 0 aliphatic rings. The molecule has 104 valence electrons. The Kier molecular flexibility index (Phi) is 4.92. The summed E-state index contributed by atoms with van der Waals surface area (Å²) in [5.41, 5.74) is 7.59. The van der Waals surface area contributed by atoms with Gasteiger partial charge in [-0.15, -0.1) is 0 Å². The SMILES string of the molecule is COC(=O)C(C)CN(C)C(=O)c1c(C)cccc1N. The summed E-state index contributed by atoms with van der Waals surface area (Å²) in [5.74, 6) is -0.895. The van der Waals surface area contributed by atoms with Gasteiger partial charge in [0, 0.05) is 19.3 Å². The number of nitrogen functional groups attached to an aromatic ring is 1. The summed E-state index contributed by atoms with van der Waals surface area (Å²) in [6.45, 7) is 3.84. The monoisotopic (exact) mass is 264 g/mol. The highest BCUT2D eigenvalue weighted by Crippen LogP contribution is 2.18. The molecule has 0 spiro atoms. The molecule has 1 unspecified atom stereocenters. The number of methoxy groups -OCH3 is 1. The van der Waals surface area contributed by atoms with Gasteiger partial charge in [-0.1, -0.05) is 19.1 Å². The number of aryl methyl sites for hydroxylation is 1. The van der Waals surface area contributed by atoms with Crippen LogP contribution in [-0.4, -0.2) is 37.5 Å². The van der Waals surface area contributed by atoms with Crippen molar-refractivity contribution in [1.82, 2.24) is 4.90 Å². The fourth-order valence-electron chi connectivity index (χ4n) is 1.94. The minimum absolute atomic E-state index is 0.189. The largest absolute Gasteiger partial charge is 0.469 e. The summed E-state index contributed by atoms with van der Waals surface area (Å²) < 4.78 is 4.64. The van der Waals surface area contributed by atoms with Gasteiger partial charge in [-0.25, -0.2) is 0 Å². The summed E-state index contributed by atoms with van der Waals surface area (Å²) in [6, 6.07) is 5.33. The molecule has 5 nitrogen and oxygen atoms in total. The van der Waals surface area contributed by atoms with Crippen molar-refractivity contribution in [2.45, 2.75) is 13.8 Å². The first-order valence-electron chi connectivity index (χ1n) is 6.06. The van der Waals surface area contributed by atoms with Gasteiger partial charge >= 0.3 is 5.97 Å². The maximum Gasteiger partial charge on any atom is 0.310 e. The Morgan fingerprint density at radius 3 is 2.58 bits per heavy atom. The Morgan fingerprint density at radius 2 is 2.05 bits per heavy atom. The van der Waals surface area contributed by atoms with E-state index < -0.39 is 0 Å². The predicted octanol–water partition coefficient (Wildman–Crippen LogP) is 1.46. The lowest BCUT2D eigenvalue weighted by Crippen LogP contribution is -2.34. The number of esters is 1. The molecule has 1 atom stereocenters. The van der Waals surface area contributed by atoms with Crippen molar-refractivity contribution >= 4 is 17.6 Å². The first kappa shape index (κ1) is 15.0. The highest BCUT2D eigenvalue weighted by atomic mass is 16.5. The molecule has 19 heavy (non-hydrogen) atoms. The summed E-state index contributed by atoms with van der Waals surface area (Å²) >= 11 is 0. The van der Waals surface area contributed by atoms with Crippen molar-refractivity contribution in [3.63, 3.8) is 0 Å². The van der Waals surface area contributed by atoms with E-state index >= 15 is 0 Å². The van der Waals surface area contributed by atoms with Crippen molar-refractivity contribution < 1.29 is 14.3 Å². The fourth-order valence-corrected chi connectivity index (χ4v) is 1.94. The maximum atomic E-state index is 12.3. The molecule has 1 aromatic rings. The molecule has 2 N–H and O–H groups in total. The molecule has 0 heterocycles. The smallest absolute Gasteiger partial charge is 0.310 e. The van der Waals surface area contributed by atoms with Gasteiger partial charge in [0.25, 0.3) is 5.91 Å². The standard InChI is InChI=1S/C14H20N2O3/c1-9-6-5-7-11(15)12(9)13(17)16(3)8-10(2)14(18)19-4/h5-7,10H,8,15H2,1-4H3. The molecule has 1 aromatic carbocycles. The molecule has 0 saturated carbocycles. The predicted molar refractivity (Wildman–Crippen MR) is 73.7 cm³/mol. The normalized spacial score (nSPS) is 11.8. The van der Waals surface area contributed by atoms with Crippen LogP contribution in [0.4, 0.5) is 5.69 Å². The topological polar surface area (TPSA) is 72.6 Å². The molecule has 1 amide bonds. The molecule has 0 aliphatic heterocycles. The average Bonchev–Trinajstić information content (AvgIpc) is 2.37. The molecule has 0 aliphatic carbocycles.